The fourth-order valence-electron chi connectivity index (χ4n) is 1.56. The number of anilines is 2. The van der Waals surface area contributed by atoms with Gasteiger partial charge in [0.1, 0.15) is 5.75 Å². The smallest absolute Gasteiger partial charge is 0.262 e. The van der Waals surface area contributed by atoms with E-state index >= 15 is 0 Å². The molecule has 0 aliphatic heterocycles. The third-order valence-corrected chi connectivity index (χ3v) is 3.61. The summed E-state index contributed by atoms with van der Waals surface area (Å²) in [4.78, 5) is 11.8. The zero-order valence-electron chi connectivity index (χ0n) is 10.7. The number of rotatable bonds is 4. The number of hydrogen-bond acceptors (Lipinski definition) is 3. The predicted octanol–water partition coefficient (Wildman–Crippen LogP) is 4.25. The van der Waals surface area contributed by atoms with E-state index in [-0.39, 0.29) is 12.5 Å². The van der Waals surface area contributed by atoms with Gasteiger partial charge in [0.15, 0.2) is 6.61 Å². The van der Waals surface area contributed by atoms with Gasteiger partial charge in [-0.15, -0.1) is 0 Å². The minimum Gasteiger partial charge on any atom is -0.482 e. The molecule has 0 aliphatic rings. The minimum atomic E-state index is -0.367. The molecule has 0 spiro atoms. The summed E-state index contributed by atoms with van der Waals surface area (Å²) in [7, 11) is 0. The average Bonchev–Trinajstić information content (AvgIpc) is 2.44. The Morgan fingerprint density at radius 2 is 1.76 bits per heavy atom. The second-order valence-corrected chi connectivity index (χ2v) is 5.34. The SMILES string of the molecule is Nc1cc(Cl)c(Cl)cc1OCC(=O)Nc1ccccc1Cl. The zero-order valence-corrected chi connectivity index (χ0v) is 13.0. The van der Waals surface area contributed by atoms with Gasteiger partial charge in [0.2, 0.25) is 0 Å². The summed E-state index contributed by atoms with van der Waals surface area (Å²) in [5.74, 6) is -0.0766. The molecule has 1 amide bonds. The average molecular weight is 346 g/mol. The van der Waals surface area contributed by atoms with E-state index in [9.17, 15) is 4.79 Å². The highest BCUT2D eigenvalue weighted by Gasteiger charge is 2.10. The molecule has 0 unspecified atom stereocenters. The maximum absolute atomic E-state index is 11.8. The normalized spacial score (nSPS) is 10.2. The van der Waals surface area contributed by atoms with Gasteiger partial charge in [-0.25, -0.2) is 0 Å². The molecule has 0 aromatic heterocycles. The fraction of sp³-hybridized carbons (Fsp3) is 0.0714. The molecule has 0 bridgehead atoms. The molecular formula is C14H11Cl3N2O2. The van der Waals surface area contributed by atoms with Crippen LogP contribution in [-0.2, 0) is 4.79 Å². The second kappa shape index (κ2) is 6.89. The number of carbonyl (C=O) groups is 1. The number of hydrogen-bond donors (Lipinski definition) is 2. The van der Waals surface area contributed by atoms with Crippen molar-refractivity contribution in [1.29, 1.82) is 0 Å². The summed E-state index contributed by atoms with van der Waals surface area (Å²) >= 11 is 17.6. The topological polar surface area (TPSA) is 64.3 Å². The number of nitrogens with two attached hydrogens (primary N) is 1. The lowest BCUT2D eigenvalue weighted by molar-refractivity contribution is -0.118. The summed E-state index contributed by atoms with van der Waals surface area (Å²) in [5.41, 5.74) is 6.54. The first-order chi connectivity index (χ1) is 9.97. The molecule has 110 valence electrons. The van der Waals surface area contributed by atoms with Crippen molar-refractivity contribution in [1.82, 2.24) is 0 Å². The van der Waals surface area contributed by atoms with Crippen LogP contribution in [0.5, 0.6) is 5.75 Å². The molecule has 3 N–H and O–H groups in total. The Morgan fingerprint density at radius 1 is 1.10 bits per heavy atom. The molecule has 2 rings (SSSR count). The minimum absolute atomic E-state index is 0.229. The zero-order chi connectivity index (χ0) is 15.4. The van der Waals surface area contributed by atoms with Crippen molar-refractivity contribution in [3.63, 3.8) is 0 Å². The quantitative estimate of drug-likeness (QED) is 0.814. The lowest BCUT2D eigenvalue weighted by Gasteiger charge is -2.11. The maximum Gasteiger partial charge on any atom is 0.262 e. The standard InChI is InChI=1S/C14H11Cl3N2O2/c15-8-3-1-2-4-12(8)19-14(20)7-21-13-6-10(17)9(16)5-11(13)18/h1-6H,7,18H2,(H,19,20). The van der Waals surface area contributed by atoms with E-state index in [1.54, 1.807) is 24.3 Å². The van der Waals surface area contributed by atoms with Gasteiger partial charge < -0.3 is 15.8 Å². The highest BCUT2D eigenvalue weighted by molar-refractivity contribution is 6.42. The molecule has 0 atom stereocenters. The molecule has 2 aromatic rings. The van der Waals surface area contributed by atoms with Crippen molar-refractivity contribution in [2.24, 2.45) is 0 Å². The van der Waals surface area contributed by atoms with E-state index < -0.39 is 0 Å². The summed E-state index contributed by atoms with van der Waals surface area (Å²) in [6.45, 7) is -0.229. The van der Waals surface area contributed by atoms with Gasteiger partial charge in [-0.1, -0.05) is 46.9 Å². The third kappa shape index (κ3) is 4.17. The Hall–Kier alpha value is -1.62. The first-order valence-electron chi connectivity index (χ1n) is 5.89. The Balaban J connectivity index is 1.99. The molecule has 0 radical (unpaired) electrons. The molecule has 0 saturated heterocycles. The molecular weight excluding hydrogens is 335 g/mol. The van der Waals surface area contributed by atoms with Crippen LogP contribution < -0.4 is 15.8 Å². The second-order valence-electron chi connectivity index (χ2n) is 4.12. The largest absolute Gasteiger partial charge is 0.482 e. The van der Waals surface area contributed by atoms with E-state index in [1.165, 1.54) is 12.1 Å². The molecule has 4 nitrogen and oxygen atoms in total. The summed E-state index contributed by atoms with van der Waals surface area (Å²) in [6, 6.07) is 9.82. The summed E-state index contributed by atoms with van der Waals surface area (Å²) in [6.07, 6.45) is 0. The molecule has 2 aromatic carbocycles. The van der Waals surface area contributed by atoms with Gasteiger partial charge >= 0.3 is 0 Å². The van der Waals surface area contributed by atoms with Gasteiger partial charge in [0.05, 0.1) is 26.4 Å². The van der Waals surface area contributed by atoms with Crippen LogP contribution in [0.25, 0.3) is 0 Å². The lowest BCUT2D eigenvalue weighted by atomic mass is 10.3. The van der Waals surface area contributed by atoms with Crippen molar-refractivity contribution >= 4 is 52.1 Å². The number of nitrogens with one attached hydrogen (secondary N) is 1. The molecule has 0 heterocycles. The lowest BCUT2D eigenvalue weighted by Crippen LogP contribution is -2.20. The van der Waals surface area contributed by atoms with E-state index in [0.717, 1.165) is 0 Å². The van der Waals surface area contributed by atoms with Crippen molar-refractivity contribution < 1.29 is 9.53 Å². The van der Waals surface area contributed by atoms with E-state index in [1.807, 2.05) is 0 Å². The van der Waals surface area contributed by atoms with Crippen LogP contribution in [0.3, 0.4) is 0 Å². The number of amides is 1. The number of para-hydroxylation sites is 1. The number of halogens is 3. The highest BCUT2D eigenvalue weighted by Crippen LogP contribution is 2.32. The molecule has 21 heavy (non-hydrogen) atoms. The molecule has 0 aliphatic carbocycles. The number of nitrogen functional groups attached to an aromatic ring is 1. The van der Waals surface area contributed by atoms with Crippen LogP contribution in [-0.4, -0.2) is 12.5 Å². The van der Waals surface area contributed by atoms with Gasteiger partial charge in [-0.3, -0.25) is 4.79 Å². The summed E-state index contributed by atoms with van der Waals surface area (Å²) in [5, 5.41) is 3.69. The molecule has 7 heteroatoms. The van der Waals surface area contributed by atoms with E-state index in [4.69, 9.17) is 45.3 Å². The van der Waals surface area contributed by atoms with Crippen molar-refractivity contribution in [3.8, 4) is 5.75 Å². The highest BCUT2D eigenvalue weighted by atomic mass is 35.5. The monoisotopic (exact) mass is 344 g/mol. The van der Waals surface area contributed by atoms with Gasteiger partial charge in [-0.05, 0) is 18.2 Å². The molecule has 0 saturated carbocycles. The molecule has 0 fully saturated rings. The Labute approximate surface area is 136 Å². The summed E-state index contributed by atoms with van der Waals surface area (Å²) < 4.78 is 5.32. The number of ether oxygens (including phenoxy) is 1. The first kappa shape index (κ1) is 15.8. The van der Waals surface area contributed by atoms with Gasteiger partial charge in [0.25, 0.3) is 5.91 Å². The van der Waals surface area contributed by atoms with Crippen molar-refractivity contribution in [2.45, 2.75) is 0 Å². The first-order valence-corrected chi connectivity index (χ1v) is 7.02. The van der Waals surface area contributed by atoms with Crippen LogP contribution >= 0.6 is 34.8 Å². The Kier molecular flexibility index (Phi) is 5.17. The number of benzene rings is 2. The van der Waals surface area contributed by atoms with Crippen LogP contribution in [0.2, 0.25) is 15.1 Å². The fourth-order valence-corrected chi connectivity index (χ4v) is 2.07. The van der Waals surface area contributed by atoms with E-state index in [2.05, 4.69) is 5.32 Å². The van der Waals surface area contributed by atoms with Crippen LogP contribution in [0.15, 0.2) is 36.4 Å². The van der Waals surface area contributed by atoms with Crippen LogP contribution in [0.4, 0.5) is 11.4 Å². The van der Waals surface area contributed by atoms with Crippen molar-refractivity contribution in [2.75, 3.05) is 17.7 Å². The maximum atomic E-state index is 11.8. The van der Waals surface area contributed by atoms with Gasteiger partial charge in [0, 0.05) is 6.07 Å². The van der Waals surface area contributed by atoms with Crippen LogP contribution in [0.1, 0.15) is 0 Å². The predicted molar refractivity (Wildman–Crippen MR) is 86.5 cm³/mol. The van der Waals surface area contributed by atoms with Crippen LogP contribution in [0, 0.1) is 0 Å². The van der Waals surface area contributed by atoms with Crippen molar-refractivity contribution in [3.05, 3.63) is 51.5 Å². The Bertz CT molecular complexity index is 677. The number of carbonyl (C=O) groups excluding carboxylic acids is 1. The Morgan fingerprint density at radius 3 is 2.48 bits per heavy atom. The van der Waals surface area contributed by atoms with Gasteiger partial charge in [-0.2, -0.15) is 0 Å². The van der Waals surface area contributed by atoms with E-state index in [0.29, 0.717) is 32.2 Å². The third-order valence-electron chi connectivity index (χ3n) is 2.56.